The van der Waals surface area contributed by atoms with Gasteiger partial charge in [-0.2, -0.15) is 0 Å². The average molecular weight is 261 g/mol. The Morgan fingerprint density at radius 1 is 1.17 bits per heavy atom. The Morgan fingerprint density at radius 2 is 1.94 bits per heavy atom. The lowest BCUT2D eigenvalue weighted by molar-refractivity contribution is 0.0949. The van der Waals surface area contributed by atoms with Gasteiger partial charge in [-0.3, -0.25) is 9.78 Å². The number of pyridine rings is 1. The van der Waals surface area contributed by atoms with Crippen LogP contribution in [-0.2, 0) is 6.42 Å². The summed E-state index contributed by atoms with van der Waals surface area (Å²) >= 11 is 5.80. The van der Waals surface area contributed by atoms with E-state index in [1.807, 2.05) is 24.3 Å². The third-order valence-corrected chi connectivity index (χ3v) is 2.76. The third kappa shape index (κ3) is 3.57. The van der Waals surface area contributed by atoms with Crippen LogP contribution in [0.2, 0.25) is 5.02 Å². The predicted octanol–water partition coefficient (Wildman–Crippen LogP) is 2.71. The van der Waals surface area contributed by atoms with E-state index in [-0.39, 0.29) is 5.91 Å². The number of rotatable bonds is 4. The summed E-state index contributed by atoms with van der Waals surface area (Å²) in [6.45, 7) is 0.580. The molecule has 0 radical (unpaired) electrons. The molecule has 0 unspecified atom stereocenters. The fraction of sp³-hybridized carbons (Fsp3) is 0.143. The zero-order valence-corrected chi connectivity index (χ0v) is 10.5. The van der Waals surface area contributed by atoms with Crippen LogP contribution in [0.4, 0.5) is 0 Å². The maximum atomic E-state index is 11.7. The van der Waals surface area contributed by atoms with E-state index in [4.69, 9.17) is 11.6 Å². The molecule has 1 amide bonds. The van der Waals surface area contributed by atoms with Crippen LogP contribution in [0.25, 0.3) is 0 Å². The summed E-state index contributed by atoms with van der Waals surface area (Å²) in [5, 5.41) is 3.55. The van der Waals surface area contributed by atoms with Crippen molar-refractivity contribution in [3.63, 3.8) is 0 Å². The molecule has 2 aromatic rings. The summed E-state index contributed by atoms with van der Waals surface area (Å²) in [5.41, 5.74) is 1.58. The quantitative estimate of drug-likeness (QED) is 0.918. The number of benzene rings is 1. The first-order chi connectivity index (χ1) is 8.75. The summed E-state index contributed by atoms with van der Waals surface area (Å²) in [7, 11) is 0. The molecule has 0 aliphatic heterocycles. The molecule has 92 valence electrons. The molecule has 1 heterocycles. The van der Waals surface area contributed by atoms with Crippen LogP contribution in [0.1, 0.15) is 16.1 Å². The molecule has 0 spiro atoms. The van der Waals surface area contributed by atoms with E-state index in [1.165, 1.54) is 0 Å². The van der Waals surface area contributed by atoms with Crippen molar-refractivity contribution in [2.45, 2.75) is 6.42 Å². The van der Waals surface area contributed by atoms with Crippen molar-refractivity contribution in [2.75, 3.05) is 6.54 Å². The number of carbonyl (C=O) groups is 1. The minimum absolute atomic E-state index is 0.149. The Labute approximate surface area is 111 Å². The summed E-state index contributed by atoms with van der Waals surface area (Å²) in [5.74, 6) is -0.149. The van der Waals surface area contributed by atoms with Crippen LogP contribution in [0, 0.1) is 0 Å². The molecule has 0 atom stereocenters. The van der Waals surface area contributed by atoms with Gasteiger partial charge in [0, 0.05) is 17.8 Å². The lowest BCUT2D eigenvalue weighted by Gasteiger charge is -2.04. The van der Waals surface area contributed by atoms with Gasteiger partial charge in [0.25, 0.3) is 5.91 Å². The second kappa shape index (κ2) is 6.17. The van der Waals surface area contributed by atoms with Crippen LogP contribution >= 0.6 is 11.6 Å². The van der Waals surface area contributed by atoms with E-state index < -0.39 is 0 Å². The lowest BCUT2D eigenvalue weighted by atomic mass is 10.1. The minimum atomic E-state index is -0.149. The van der Waals surface area contributed by atoms with Crippen molar-refractivity contribution >= 4 is 17.5 Å². The molecular formula is C14H13ClN2O. The highest BCUT2D eigenvalue weighted by molar-refractivity contribution is 6.30. The smallest absolute Gasteiger partial charge is 0.269 e. The van der Waals surface area contributed by atoms with Crippen LogP contribution in [-0.4, -0.2) is 17.4 Å². The maximum absolute atomic E-state index is 11.7. The molecule has 1 aromatic heterocycles. The molecular weight excluding hydrogens is 248 g/mol. The Hall–Kier alpha value is -1.87. The molecule has 1 aromatic carbocycles. The Morgan fingerprint density at radius 3 is 2.61 bits per heavy atom. The Kier molecular flexibility index (Phi) is 4.31. The molecule has 3 nitrogen and oxygen atoms in total. The van der Waals surface area contributed by atoms with Gasteiger partial charge in [-0.05, 0) is 36.2 Å². The topological polar surface area (TPSA) is 42.0 Å². The second-order valence-electron chi connectivity index (χ2n) is 3.85. The number of hydrogen-bond donors (Lipinski definition) is 1. The number of nitrogens with one attached hydrogen (secondary N) is 1. The van der Waals surface area contributed by atoms with Gasteiger partial charge in [-0.25, -0.2) is 0 Å². The van der Waals surface area contributed by atoms with Crippen molar-refractivity contribution in [1.29, 1.82) is 0 Å². The number of hydrogen-bond acceptors (Lipinski definition) is 2. The van der Waals surface area contributed by atoms with Crippen molar-refractivity contribution in [3.8, 4) is 0 Å². The molecule has 0 saturated heterocycles. The molecule has 1 N–H and O–H groups in total. The van der Waals surface area contributed by atoms with Gasteiger partial charge < -0.3 is 5.32 Å². The van der Waals surface area contributed by atoms with Crippen LogP contribution in [0.15, 0.2) is 48.7 Å². The van der Waals surface area contributed by atoms with E-state index >= 15 is 0 Å². The molecule has 0 aliphatic rings. The van der Waals surface area contributed by atoms with Gasteiger partial charge in [0.05, 0.1) is 0 Å². The zero-order chi connectivity index (χ0) is 12.8. The van der Waals surface area contributed by atoms with Crippen LogP contribution < -0.4 is 5.32 Å². The standard InChI is InChI=1S/C14H13ClN2O/c15-12-6-4-11(5-7-12)8-10-17-14(18)13-3-1-2-9-16-13/h1-7,9H,8,10H2,(H,17,18). The first-order valence-electron chi connectivity index (χ1n) is 5.69. The number of carbonyl (C=O) groups excluding carboxylic acids is 1. The zero-order valence-electron chi connectivity index (χ0n) is 9.77. The van der Waals surface area contributed by atoms with E-state index in [0.717, 1.165) is 17.0 Å². The van der Waals surface area contributed by atoms with Gasteiger partial charge >= 0.3 is 0 Å². The monoisotopic (exact) mass is 260 g/mol. The summed E-state index contributed by atoms with van der Waals surface area (Å²) < 4.78 is 0. The van der Waals surface area contributed by atoms with Gasteiger partial charge in [0.2, 0.25) is 0 Å². The highest BCUT2D eigenvalue weighted by Crippen LogP contribution is 2.09. The van der Waals surface area contributed by atoms with Crippen molar-refractivity contribution in [1.82, 2.24) is 10.3 Å². The first kappa shape index (κ1) is 12.6. The highest BCUT2D eigenvalue weighted by Gasteiger charge is 2.04. The largest absolute Gasteiger partial charge is 0.350 e. The molecule has 0 saturated carbocycles. The normalized spacial score (nSPS) is 10.1. The summed E-state index contributed by atoms with van der Waals surface area (Å²) in [4.78, 5) is 15.7. The van der Waals surface area contributed by atoms with Gasteiger partial charge in [-0.1, -0.05) is 29.8 Å². The van der Waals surface area contributed by atoms with Crippen LogP contribution in [0.5, 0.6) is 0 Å². The van der Waals surface area contributed by atoms with Crippen molar-refractivity contribution < 1.29 is 4.79 Å². The maximum Gasteiger partial charge on any atom is 0.269 e. The van der Waals surface area contributed by atoms with Gasteiger partial charge in [0.1, 0.15) is 5.69 Å². The summed E-state index contributed by atoms with van der Waals surface area (Å²) in [6.07, 6.45) is 2.38. The van der Waals surface area contributed by atoms with Crippen molar-refractivity contribution in [3.05, 3.63) is 64.9 Å². The molecule has 0 aliphatic carbocycles. The van der Waals surface area contributed by atoms with E-state index in [1.54, 1.807) is 24.4 Å². The van der Waals surface area contributed by atoms with Crippen LogP contribution in [0.3, 0.4) is 0 Å². The highest BCUT2D eigenvalue weighted by atomic mass is 35.5. The SMILES string of the molecule is O=C(NCCc1ccc(Cl)cc1)c1ccccn1. The van der Waals surface area contributed by atoms with E-state index in [0.29, 0.717) is 12.2 Å². The van der Waals surface area contributed by atoms with E-state index in [2.05, 4.69) is 10.3 Å². The number of nitrogens with zero attached hydrogens (tertiary/aromatic N) is 1. The number of amides is 1. The number of halogens is 1. The average Bonchev–Trinajstić information content (AvgIpc) is 2.42. The third-order valence-electron chi connectivity index (χ3n) is 2.51. The Bertz CT molecular complexity index is 511. The predicted molar refractivity (Wildman–Crippen MR) is 71.7 cm³/mol. The van der Waals surface area contributed by atoms with Gasteiger partial charge in [-0.15, -0.1) is 0 Å². The Balaban J connectivity index is 1.82. The molecule has 2 rings (SSSR count). The lowest BCUT2D eigenvalue weighted by Crippen LogP contribution is -2.26. The molecule has 0 bridgehead atoms. The fourth-order valence-electron chi connectivity index (χ4n) is 1.56. The molecule has 0 fully saturated rings. The molecule has 18 heavy (non-hydrogen) atoms. The van der Waals surface area contributed by atoms with Crippen molar-refractivity contribution in [2.24, 2.45) is 0 Å². The number of aromatic nitrogens is 1. The van der Waals surface area contributed by atoms with Gasteiger partial charge in [0.15, 0.2) is 0 Å². The minimum Gasteiger partial charge on any atom is -0.350 e. The summed E-state index contributed by atoms with van der Waals surface area (Å²) in [6, 6.07) is 12.9. The first-order valence-corrected chi connectivity index (χ1v) is 6.07. The fourth-order valence-corrected chi connectivity index (χ4v) is 1.69. The van der Waals surface area contributed by atoms with E-state index in [9.17, 15) is 4.79 Å². The molecule has 4 heteroatoms. The second-order valence-corrected chi connectivity index (χ2v) is 4.28.